The molecule has 0 fully saturated rings. The average molecular weight is 487 g/mol. The van der Waals surface area contributed by atoms with E-state index in [4.69, 9.17) is 11.6 Å². The number of aromatic nitrogens is 1. The molecule has 33 heavy (non-hydrogen) atoms. The normalized spacial score (nSPS) is 11.5. The van der Waals surface area contributed by atoms with Crippen molar-refractivity contribution in [3.63, 3.8) is 0 Å². The number of carbonyl (C=O) groups excluding carboxylic acids is 2. The number of nitrogens with one attached hydrogen (secondary N) is 3. The van der Waals surface area contributed by atoms with E-state index in [2.05, 4.69) is 20.3 Å². The number of alkyl halides is 1. The Morgan fingerprint density at radius 1 is 0.879 bits per heavy atom. The van der Waals surface area contributed by atoms with Crippen molar-refractivity contribution in [2.45, 2.75) is 18.7 Å². The number of carbonyl (C=O) groups is 2. The van der Waals surface area contributed by atoms with Gasteiger partial charge in [-0.15, -0.1) is 11.6 Å². The summed E-state index contributed by atoms with van der Waals surface area (Å²) in [5.74, 6) is -0.463. The lowest BCUT2D eigenvalue weighted by Crippen LogP contribution is -2.32. The van der Waals surface area contributed by atoms with E-state index in [1.807, 2.05) is 0 Å². The van der Waals surface area contributed by atoms with Crippen molar-refractivity contribution < 1.29 is 18.0 Å². The molecule has 0 aliphatic rings. The summed E-state index contributed by atoms with van der Waals surface area (Å²) in [7, 11) is -3.85. The van der Waals surface area contributed by atoms with Crippen molar-refractivity contribution in [3.05, 3.63) is 78.6 Å². The first kappa shape index (κ1) is 24.2. The smallest absolute Gasteiger partial charge is 0.274 e. The van der Waals surface area contributed by atoms with Crippen molar-refractivity contribution in [1.82, 2.24) is 4.98 Å². The predicted molar refractivity (Wildman–Crippen MR) is 129 cm³/mol. The van der Waals surface area contributed by atoms with Crippen LogP contribution in [0.5, 0.6) is 0 Å². The summed E-state index contributed by atoms with van der Waals surface area (Å²) in [6, 6.07) is 17.0. The molecule has 172 valence electrons. The Balaban J connectivity index is 1.64. The molecule has 0 aliphatic carbocycles. The molecule has 1 heterocycles. The highest BCUT2D eigenvalue weighted by Gasteiger charge is 2.26. The number of anilines is 3. The molecule has 3 N–H and O–H groups in total. The zero-order chi connectivity index (χ0) is 24.1. The van der Waals surface area contributed by atoms with Gasteiger partial charge in [-0.2, -0.15) is 0 Å². The Morgan fingerprint density at radius 3 is 2.03 bits per heavy atom. The van der Waals surface area contributed by atoms with Gasteiger partial charge >= 0.3 is 0 Å². The first-order valence-electron chi connectivity index (χ1n) is 9.93. The summed E-state index contributed by atoms with van der Waals surface area (Å²) in [5, 5.41) is 5.41. The van der Waals surface area contributed by atoms with Gasteiger partial charge in [0.25, 0.3) is 15.9 Å². The van der Waals surface area contributed by atoms with E-state index < -0.39 is 21.3 Å². The fourth-order valence-corrected chi connectivity index (χ4v) is 3.79. The Bertz CT molecular complexity index is 1230. The predicted octanol–water partition coefficient (Wildman–Crippen LogP) is 4.34. The summed E-state index contributed by atoms with van der Waals surface area (Å²) < 4.78 is 27.9. The Hall–Kier alpha value is -3.43. The number of halogens is 1. The first-order valence-corrected chi connectivity index (χ1v) is 12.0. The standard InChI is InChI=1S/C23H23ClN4O4S/c1-23(2,15-24)22(30)27-17-6-8-18(9-7-17)28-33(31,32)19-12-10-16(11-13-19)26-21(29)20-5-3-4-14-25-20/h3-14,28H,15H2,1-2H3,(H,26,29)(H,27,30). The number of benzene rings is 2. The second kappa shape index (κ2) is 10.0. The van der Waals surface area contributed by atoms with Crippen LogP contribution >= 0.6 is 11.6 Å². The zero-order valence-corrected chi connectivity index (χ0v) is 19.6. The highest BCUT2D eigenvalue weighted by Crippen LogP contribution is 2.23. The zero-order valence-electron chi connectivity index (χ0n) is 18.0. The molecule has 0 saturated heterocycles. The van der Waals surface area contributed by atoms with E-state index in [1.165, 1.54) is 30.5 Å². The summed E-state index contributed by atoms with van der Waals surface area (Å²) >= 11 is 5.81. The third-order valence-corrected chi connectivity index (χ3v) is 6.73. The van der Waals surface area contributed by atoms with E-state index in [0.29, 0.717) is 17.1 Å². The van der Waals surface area contributed by atoms with Gasteiger partial charge in [-0.3, -0.25) is 19.3 Å². The van der Waals surface area contributed by atoms with Gasteiger partial charge in [0.15, 0.2) is 0 Å². The number of hydrogen-bond acceptors (Lipinski definition) is 5. The van der Waals surface area contributed by atoms with Gasteiger partial charge in [-0.25, -0.2) is 8.42 Å². The second-order valence-corrected chi connectivity index (χ2v) is 9.80. The van der Waals surface area contributed by atoms with Crippen molar-refractivity contribution >= 4 is 50.5 Å². The van der Waals surface area contributed by atoms with Gasteiger partial charge in [-0.1, -0.05) is 6.07 Å². The maximum absolute atomic E-state index is 12.7. The van der Waals surface area contributed by atoms with Crippen molar-refractivity contribution in [1.29, 1.82) is 0 Å². The van der Waals surface area contributed by atoms with Gasteiger partial charge in [0.2, 0.25) is 5.91 Å². The molecule has 0 unspecified atom stereocenters. The Morgan fingerprint density at radius 2 is 1.45 bits per heavy atom. The van der Waals surface area contributed by atoms with E-state index in [-0.39, 0.29) is 22.4 Å². The molecule has 2 amide bonds. The molecule has 0 bridgehead atoms. The number of nitrogens with zero attached hydrogens (tertiary/aromatic N) is 1. The number of sulfonamides is 1. The van der Waals surface area contributed by atoms with Gasteiger partial charge < -0.3 is 10.6 Å². The van der Waals surface area contributed by atoms with Crippen molar-refractivity contribution in [2.75, 3.05) is 21.2 Å². The maximum atomic E-state index is 12.7. The SMILES string of the molecule is CC(C)(CCl)C(=O)Nc1ccc(NS(=O)(=O)c2ccc(NC(=O)c3ccccn3)cc2)cc1. The minimum Gasteiger partial charge on any atom is -0.326 e. The fourth-order valence-electron chi connectivity index (χ4n) is 2.61. The molecular formula is C23H23ClN4O4S. The average Bonchev–Trinajstić information content (AvgIpc) is 2.81. The molecule has 0 saturated carbocycles. The van der Waals surface area contributed by atoms with E-state index >= 15 is 0 Å². The Kier molecular flexibility index (Phi) is 7.35. The molecule has 10 heteroatoms. The highest BCUT2D eigenvalue weighted by molar-refractivity contribution is 7.92. The van der Waals surface area contributed by atoms with Crippen LogP contribution in [-0.4, -0.2) is 31.1 Å². The molecule has 0 atom stereocenters. The van der Waals surface area contributed by atoms with Crippen molar-refractivity contribution in [3.8, 4) is 0 Å². The molecule has 0 aliphatic heterocycles. The number of hydrogen-bond donors (Lipinski definition) is 3. The molecular weight excluding hydrogens is 464 g/mol. The number of pyridine rings is 1. The summed E-state index contributed by atoms with van der Waals surface area (Å²) in [4.78, 5) is 28.4. The van der Waals surface area contributed by atoms with Gasteiger partial charge in [0, 0.05) is 29.1 Å². The molecule has 0 spiro atoms. The van der Waals surface area contributed by atoms with Crippen LogP contribution in [0.1, 0.15) is 24.3 Å². The minimum atomic E-state index is -3.85. The third kappa shape index (κ3) is 6.30. The van der Waals surface area contributed by atoms with Crippen molar-refractivity contribution in [2.24, 2.45) is 5.41 Å². The number of amides is 2. The molecule has 0 radical (unpaired) electrons. The second-order valence-electron chi connectivity index (χ2n) is 7.85. The monoisotopic (exact) mass is 486 g/mol. The van der Waals surface area contributed by atoms with Gasteiger partial charge in [-0.05, 0) is 74.5 Å². The highest BCUT2D eigenvalue weighted by atomic mass is 35.5. The first-order chi connectivity index (χ1) is 15.6. The maximum Gasteiger partial charge on any atom is 0.274 e. The summed E-state index contributed by atoms with van der Waals surface area (Å²) in [6.07, 6.45) is 1.51. The molecule has 8 nitrogen and oxygen atoms in total. The van der Waals surface area contributed by atoms with E-state index in [1.54, 1.807) is 56.3 Å². The minimum absolute atomic E-state index is 0.0274. The molecule has 3 rings (SSSR count). The van der Waals surface area contributed by atoms with Crippen LogP contribution in [-0.2, 0) is 14.8 Å². The topological polar surface area (TPSA) is 117 Å². The van der Waals surface area contributed by atoms with Gasteiger partial charge in [0.1, 0.15) is 5.69 Å². The molecule has 3 aromatic rings. The lowest BCUT2D eigenvalue weighted by molar-refractivity contribution is -0.122. The van der Waals surface area contributed by atoms with Crippen LogP contribution in [0.2, 0.25) is 0 Å². The summed E-state index contributed by atoms with van der Waals surface area (Å²) in [5.41, 5.74) is 0.808. The quantitative estimate of drug-likeness (QED) is 0.409. The van der Waals surface area contributed by atoms with Crippen LogP contribution in [0.4, 0.5) is 17.1 Å². The lowest BCUT2D eigenvalue weighted by atomic mass is 9.95. The Labute approximate surface area is 197 Å². The third-order valence-electron chi connectivity index (χ3n) is 4.66. The van der Waals surface area contributed by atoms with Crippen LogP contribution in [0.3, 0.4) is 0 Å². The van der Waals surface area contributed by atoms with E-state index in [9.17, 15) is 18.0 Å². The fraction of sp³-hybridized carbons (Fsp3) is 0.174. The largest absolute Gasteiger partial charge is 0.326 e. The number of rotatable bonds is 8. The lowest BCUT2D eigenvalue weighted by Gasteiger charge is -2.20. The van der Waals surface area contributed by atoms with Gasteiger partial charge in [0.05, 0.1) is 10.3 Å². The van der Waals surface area contributed by atoms with Crippen LogP contribution in [0, 0.1) is 5.41 Å². The summed E-state index contributed by atoms with van der Waals surface area (Å²) in [6.45, 7) is 3.46. The van der Waals surface area contributed by atoms with Crippen LogP contribution < -0.4 is 15.4 Å². The van der Waals surface area contributed by atoms with Crippen LogP contribution in [0.25, 0.3) is 0 Å². The van der Waals surface area contributed by atoms with Crippen LogP contribution in [0.15, 0.2) is 77.8 Å². The van der Waals surface area contributed by atoms with E-state index in [0.717, 1.165) is 0 Å². The molecule has 1 aromatic heterocycles. The molecule has 2 aromatic carbocycles.